The van der Waals surface area contributed by atoms with Gasteiger partial charge in [-0.05, 0) is 25.2 Å². The van der Waals surface area contributed by atoms with Crippen LogP contribution in [0.3, 0.4) is 0 Å². The molecular weight excluding hydrogens is 534 g/mol. The van der Waals surface area contributed by atoms with E-state index in [1.807, 2.05) is 31.4 Å². The van der Waals surface area contributed by atoms with Crippen LogP contribution < -0.4 is 20.3 Å². The number of aromatic nitrogens is 4. The number of ether oxygens (including phenoxy) is 1. The van der Waals surface area contributed by atoms with Crippen molar-refractivity contribution in [1.82, 2.24) is 24.5 Å². The molecule has 1 atom stereocenters. The van der Waals surface area contributed by atoms with Gasteiger partial charge in [0.2, 0.25) is 5.95 Å². The SMILES string of the molecule is COc1cc(N2CCN(C)CC2)c(NC(=O)C(F)Cl)cc1Nc1ncc(Cl)c(-c2cnn3ccccc23)n1. The van der Waals surface area contributed by atoms with Crippen LogP contribution in [0, 0.1) is 0 Å². The first-order valence-corrected chi connectivity index (χ1v) is 12.6. The monoisotopic (exact) mass is 558 g/mol. The number of hydrogen-bond donors (Lipinski definition) is 2. The van der Waals surface area contributed by atoms with Crippen molar-refractivity contribution in [2.45, 2.75) is 5.63 Å². The van der Waals surface area contributed by atoms with Crippen LogP contribution in [-0.4, -0.2) is 76.4 Å². The molecule has 1 aliphatic heterocycles. The summed E-state index contributed by atoms with van der Waals surface area (Å²) >= 11 is 11.9. The summed E-state index contributed by atoms with van der Waals surface area (Å²) in [6.45, 7) is 3.11. The fourth-order valence-electron chi connectivity index (χ4n) is 4.29. The minimum Gasteiger partial charge on any atom is -0.494 e. The van der Waals surface area contributed by atoms with Crippen LogP contribution in [0.2, 0.25) is 5.02 Å². The highest BCUT2D eigenvalue weighted by Gasteiger charge is 2.23. The first-order chi connectivity index (χ1) is 18.3. The lowest BCUT2D eigenvalue weighted by atomic mass is 10.1. The molecule has 38 heavy (non-hydrogen) atoms. The molecule has 0 radical (unpaired) electrons. The molecule has 2 N–H and O–H groups in total. The van der Waals surface area contributed by atoms with Crippen molar-refractivity contribution in [2.75, 3.05) is 55.9 Å². The number of carbonyl (C=O) groups is 1. The molecule has 1 saturated heterocycles. The van der Waals surface area contributed by atoms with E-state index in [9.17, 15) is 9.18 Å². The predicted octanol–water partition coefficient (Wildman–Crippen LogP) is 4.42. The van der Waals surface area contributed by atoms with Gasteiger partial charge in [0.25, 0.3) is 11.5 Å². The minimum absolute atomic E-state index is 0.239. The third-order valence-electron chi connectivity index (χ3n) is 6.29. The van der Waals surface area contributed by atoms with E-state index in [4.69, 9.17) is 27.9 Å². The van der Waals surface area contributed by atoms with Crippen molar-refractivity contribution in [2.24, 2.45) is 0 Å². The van der Waals surface area contributed by atoms with E-state index in [1.54, 1.807) is 22.8 Å². The standard InChI is InChI=1S/C25H25Cl2FN8O2/c1-34-7-9-35(10-8-34)20-12-21(38-2)18(11-17(20)31-24(37)23(27)28)32-25-29-14-16(26)22(33-25)15-13-30-36-6-4-3-5-19(15)36/h3-6,11-14,23H,7-10H2,1-2H3,(H,31,37)(H,29,32,33). The number of fused-ring (bicyclic) bond motifs is 1. The predicted molar refractivity (Wildman–Crippen MR) is 147 cm³/mol. The zero-order chi connectivity index (χ0) is 26.8. The maximum Gasteiger partial charge on any atom is 0.274 e. The molecule has 3 aromatic heterocycles. The second kappa shape index (κ2) is 11.0. The van der Waals surface area contributed by atoms with Gasteiger partial charge < -0.3 is 25.2 Å². The van der Waals surface area contributed by atoms with Gasteiger partial charge in [0.1, 0.15) is 5.75 Å². The fraction of sp³-hybridized carbons (Fsp3) is 0.280. The molecule has 10 nitrogen and oxygen atoms in total. The van der Waals surface area contributed by atoms with E-state index < -0.39 is 11.5 Å². The van der Waals surface area contributed by atoms with Crippen LogP contribution in [0.5, 0.6) is 5.75 Å². The van der Waals surface area contributed by atoms with Crippen LogP contribution in [0.15, 0.2) is 48.9 Å². The fourth-order valence-corrected chi connectivity index (χ4v) is 4.53. The van der Waals surface area contributed by atoms with Gasteiger partial charge in [0.05, 0.1) is 52.8 Å². The molecular formula is C25H25Cl2FN8O2. The lowest BCUT2D eigenvalue weighted by Gasteiger charge is -2.35. The number of halogens is 3. The number of likely N-dealkylation sites (N-methyl/N-ethyl adjacent to an activating group) is 1. The number of amides is 1. The Labute approximate surface area is 228 Å². The quantitative estimate of drug-likeness (QED) is 0.321. The second-order valence-corrected chi connectivity index (χ2v) is 9.54. The molecule has 0 spiro atoms. The lowest BCUT2D eigenvalue weighted by Crippen LogP contribution is -2.44. The number of benzene rings is 1. The number of piperazine rings is 1. The Morgan fingerprint density at radius 3 is 2.68 bits per heavy atom. The summed E-state index contributed by atoms with van der Waals surface area (Å²) in [7, 11) is 3.58. The topological polar surface area (TPSA) is 99.9 Å². The smallest absolute Gasteiger partial charge is 0.274 e. The molecule has 0 aliphatic carbocycles. The van der Waals surface area contributed by atoms with Crippen LogP contribution >= 0.6 is 23.2 Å². The van der Waals surface area contributed by atoms with Crippen LogP contribution in [0.4, 0.5) is 27.4 Å². The third-order valence-corrected chi connectivity index (χ3v) is 6.76. The zero-order valence-corrected chi connectivity index (χ0v) is 22.2. The molecule has 1 unspecified atom stereocenters. The van der Waals surface area contributed by atoms with Crippen LogP contribution in [-0.2, 0) is 4.79 Å². The summed E-state index contributed by atoms with van der Waals surface area (Å²) < 4.78 is 21.0. The van der Waals surface area contributed by atoms with Crippen molar-refractivity contribution in [3.63, 3.8) is 0 Å². The van der Waals surface area contributed by atoms with E-state index in [-0.39, 0.29) is 5.95 Å². The third kappa shape index (κ3) is 5.31. The molecule has 1 fully saturated rings. The van der Waals surface area contributed by atoms with Crippen molar-refractivity contribution in [3.8, 4) is 17.0 Å². The first kappa shape index (κ1) is 26.0. The minimum atomic E-state index is -2.19. The molecule has 4 aromatic rings. The van der Waals surface area contributed by atoms with Crippen molar-refractivity contribution in [1.29, 1.82) is 0 Å². The van der Waals surface area contributed by atoms with Gasteiger partial charge >= 0.3 is 0 Å². The zero-order valence-electron chi connectivity index (χ0n) is 20.7. The number of alkyl halides is 2. The summed E-state index contributed by atoms with van der Waals surface area (Å²) in [6, 6.07) is 9.13. The molecule has 0 bridgehead atoms. The number of methoxy groups -OCH3 is 1. The van der Waals surface area contributed by atoms with Crippen molar-refractivity contribution >= 4 is 57.6 Å². The number of rotatable bonds is 7. The molecule has 0 saturated carbocycles. The maximum atomic E-state index is 13.6. The number of hydrogen-bond acceptors (Lipinski definition) is 8. The van der Waals surface area contributed by atoms with Crippen molar-refractivity contribution in [3.05, 3.63) is 53.9 Å². The summed E-state index contributed by atoms with van der Waals surface area (Å²) in [6.07, 6.45) is 5.01. The van der Waals surface area contributed by atoms with Crippen LogP contribution in [0.25, 0.3) is 16.8 Å². The molecule has 1 amide bonds. The highest BCUT2D eigenvalue weighted by molar-refractivity contribution is 6.33. The Balaban J connectivity index is 1.52. The second-order valence-electron chi connectivity index (χ2n) is 8.75. The summed E-state index contributed by atoms with van der Waals surface area (Å²) in [4.78, 5) is 25.5. The largest absolute Gasteiger partial charge is 0.494 e. The summed E-state index contributed by atoms with van der Waals surface area (Å²) in [5, 5.41) is 10.4. The molecule has 5 rings (SSSR count). The number of pyridine rings is 1. The first-order valence-electron chi connectivity index (χ1n) is 11.8. The Morgan fingerprint density at radius 2 is 1.95 bits per heavy atom. The molecule has 13 heteroatoms. The number of nitrogens with zero attached hydrogens (tertiary/aromatic N) is 6. The summed E-state index contributed by atoms with van der Waals surface area (Å²) in [5.41, 5.74) is 1.40. The Morgan fingerprint density at radius 1 is 1.16 bits per heavy atom. The molecule has 4 heterocycles. The number of anilines is 4. The normalized spacial score (nSPS) is 14.9. The van der Waals surface area contributed by atoms with Gasteiger partial charge in [0.15, 0.2) is 0 Å². The highest BCUT2D eigenvalue weighted by Crippen LogP contribution is 2.39. The average Bonchev–Trinajstić information content (AvgIpc) is 3.34. The van der Waals surface area contributed by atoms with Gasteiger partial charge in [-0.1, -0.05) is 29.3 Å². The van der Waals surface area contributed by atoms with Gasteiger partial charge in [-0.15, -0.1) is 0 Å². The molecule has 1 aromatic carbocycles. The van der Waals surface area contributed by atoms with Gasteiger partial charge in [0, 0.05) is 44.0 Å². The van der Waals surface area contributed by atoms with Crippen molar-refractivity contribution < 1.29 is 13.9 Å². The highest BCUT2D eigenvalue weighted by atomic mass is 35.5. The lowest BCUT2D eigenvalue weighted by molar-refractivity contribution is -0.118. The number of carbonyl (C=O) groups excluding carboxylic acids is 1. The van der Waals surface area contributed by atoms with E-state index in [1.165, 1.54) is 13.3 Å². The van der Waals surface area contributed by atoms with E-state index >= 15 is 0 Å². The summed E-state index contributed by atoms with van der Waals surface area (Å²) in [5.74, 6) is -0.240. The Kier molecular flexibility index (Phi) is 7.50. The maximum absolute atomic E-state index is 13.6. The molecule has 198 valence electrons. The van der Waals surface area contributed by atoms with Gasteiger partial charge in [-0.25, -0.2) is 18.9 Å². The van der Waals surface area contributed by atoms with E-state index in [0.29, 0.717) is 33.5 Å². The Bertz CT molecular complexity index is 1470. The van der Waals surface area contributed by atoms with Gasteiger partial charge in [-0.3, -0.25) is 4.79 Å². The Hall–Kier alpha value is -3.67. The van der Waals surface area contributed by atoms with E-state index in [0.717, 1.165) is 37.3 Å². The number of nitrogens with one attached hydrogen (secondary N) is 2. The van der Waals surface area contributed by atoms with E-state index in [2.05, 4.69) is 35.5 Å². The average molecular weight is 559 g/mol. The van der Waals surface area contributed by atoms with Gasteiger partial charge in [-0.2, -0.15) is 5.10 Å². The molecule has 1 aliphatic rings. The van der Waals surface area contributed by atoms with Crippen LogP contribution in [0.1, 0.15) is 0 Å².